The molecule has 0 radical (unpaired) electrons. The van der Waals surface area contributed by atoms with E-state index in [4.69, 9.17) is 18.9 Å². The van der Waals surface area contributed by atoms with Gasteiger partial charge in [-0.3, -0.25) is 4.79 Å². The summed E-state index contributed by atoms with van der Waals surface area (Å²) in [6.07, 6.45) is 0.567. The van der Waals surface area contributed by atoms with Crippen LogP contribution in [0.3, 0.4) is 0 Å². The van der Waals surface area contributed by atoms with Gasteiger partial charge in [0, 0.05) is 6.54 Å². The van der Waals surface area contributed by atoms with Gasteiger partial charge in [-0.25, -0.2) is 4.79 Å². The predicted octanol–water partition coefficient (Wildman–Crippen LogP) is 1.67. The van der Waals surface area contributed by atoms with Crippen molar-refractivity contribution in [2.75, 3.05) is 27.9 Å². The second kappa shape index (κ2) is 7.90. The molecular formula is C18H19N3O6. The molecule has 9 nitrogen and oxygen atoms in total. The van der Waals surface area contributed by atoms with E-state index in [0.717, 1.165) is 0 Å². The summed E-state index contributed by atoms with van der Waals surface area (Å²) >= 11 is 0. The first-order chi connectivity index (χ1) is 13.1. The van der Waals surface area contributed by atoms with E-state index in [9.17, 15) is 9.59 Å². The van der Waals surface area contributed by atoms with Gasteiger partial charge in [-0.1, -0.05) is 12.1 Å². The lowest BCUT2D eigenvalue weighted by Crippen LogP contribution is -2.55. The molecule has 0 spiro atoms. The van der Waals surface area contributed by atoms with Crippen LogP contribution in [0, 0.1) is 0 Å². The first kappa shape index (κ1) is 18.4. The molecule has 0 saturated carbocycles. The second-order valence-corrected chi connectivity index (χ2v) is 5.66. The molecule has 3 rings (SSSR count). The van der Waals surface area contributed by atoms with Crippen molar-refractivity contribution < 1.29 is 28.5 Å². The first-order valence-electron chi connectivity index (χ1n) is 8.20. The highest BCUT2D eigenvalue weighted by Crippen LogP contribution is 2.29. The molecule has 2 heterocycles. The van der Waals surface area contributed by atoms with Gasteiger partial charge in [0.1, 0.15) is 11.8 Å². The fourth-order valence-corrected chi connectivity index (χ4v) is 2.64. The second-order valence-electron chi connectivity index (χ2n) is 5.66. The van der Waals surface area contributed by atoms with Crippen LogP contribution in [0.15, 0.2) is 30.3 Å². The normalized spacial score (nSPS) is 15.5. The number of carbonyl (C=O) groups excluding carboxylic acids is 2. The highest BCUT2D eigenvalue weighted by atomic mass is 16.5. The lowest BCUT2D eigenvalue weighted by Gasteiger charge is -2.38. The summed E-state index contributed by atoms with van der Waals surface area (Å²) in [5.41, 5.74) is 0.288. The van der Waals surface area contributed by atoms with E-state index >= 15 is 0 Å². The van der Waals surface area contributed by atoms with Gasteiger partial charge in [-0.05, 0) is 18.6 Å². The summed E-state index contributed by atoms with van der Waals surface area (Å²) in [4.78, 5) is 34.3. The van der Waals surface area contributed by atoms with Crippen LogP contribution in [-0.4, -0.2) is 60.7 Å². The minimum absolute atomic E-state index is 0.0282. The van der Waals surface area contributed by atoms with Crippen molar-refractivity contribution >= 4 is 11.9 Å². The number of esters is 1. The maximum absolute atomic E-state index is 12.9. The monoisotopic (exact) mass is 373 g/mol. The molecule has 1 atom stereocenters. The van der Waals surface area contributed by atoms with Crippen LogP contribution in [-0.2, 0) is 9.53 Å². The van der Waals surface area contributed by atoms with Gasteiger partial charge >= 0.3 is 12.0 Å². The lowest BCUT2D eigenvalue weighted by atomic mass is 10.0. The minimum Gasteiger partial charge on any atom is -0.481 e. The summed E-state index contributed by atoms with van der Waals surface area (Å²) in [6, 6.07) is 7.56. The SMILES string of the molecule is COC(=O)C1CCN1C(=O)c1ccccc1Oc1nc(OC)cc(OC)n1. The fraction of sp³-hybridized carbons (Fsp3) is 0.333. The zero-order valence-corrected chi connectivity index (χ0v) is 15.2. The smallest absolute Gasteiger partial charge is 0.328 e. The molecule has 1 aliphatic heterocycles. The van der Waals surface area contributed by atoms with Crippen LogP contribution < -0.4 is 14.2 Å². The molecule has 1 aromatic carbocycles. The van der Waals surface area contributed by atoms with E-state index in [1.165, 1.54) is 32.3 Å². The lowest BCUT2D eigenvalue weighted by molar-refractivity contribution is -0.149. The highest BCUT2D eigenvalue weighted by Gasteiger charge is 2.39. The van der Waals surface area contributed by atoms with E-state index in [1.54, 1.807) is 24.3 Å². The molecule has 142 valence electrons. The molecule has 1 aromatic heterocycles. The van der Waals surface area contributed by atoms with Crippen LogP contribution in [0.25, 0.3) is 0 Å². The van der Waals surface area contributed by atoms with Gasteiger partial charge in [0.05, 0.1) is 33.0 Å². The summed E-state index contributed by atoms with van der Waals surface area (Å²) in [6.45, 7) is 0.469. The third-order valence-corrected chi connectivity index (χ3v) is 4.15. The van der Waals surface area contributed by atoms with E-state index in [0.29, 0.717) is 13.0 Å². The van der Waals surface area contributed by atoms with Gasteiger partial charge in [-0.15, -0.1) is 0 Å². The summed E-state index contributed by atoms with van der Waals surface area (Å²) in [7, 11) is 4.22. The number of amides is 1. The van der Waals surface area contributed by atoms with Crippen molar-refractivity contribution in [3.63, 3.8) is 0 Å². The molecule has 1 amide bonds. The van der Waals surface area contributed by atoms with Crippen LogP contribution in [0.5, 0.6) is 23.5 Å². The Hall–Kier alpha value is -3.36. The average Bonchev–Trinajstić information content (AvgIpc) is 2.66. The quantitative estimate of drug-likeness (QED) is 0.705. The van der Waals surface area contributed by atoms with Crippen LogP contribution in [0.1, 0.15) is 16.8 Å². The number of rotatable bonds is 6. The standard InChI is InChI=1S/C18H19N3O6/c1-24-14-10-15(25-2)20-18(19-14)27-13-7-5-4-6-11(13)16(22)21-9-8-12(21)17(23)26-3/h4-7,10,12H,8-9H2,1-3H3. The number of hydrogen-bond acceptors (Lipinski definition) is 8. The van der Waals surface area contributed by atoms with Crippen LogP contribution in [0.4, 0.5) is 0 Å². The summed E-state index contributed by atoms with van der Waals surface area (Å²) in [5.74, 6) is 0.00705. The fourth-order valence-electron chi connectivity index (χ4n) is 2.64. The molecule has 2 aromatic rings. The summed E-state index contributed by atoms with van der Waals surface area (Å²) < 4.78 is 20.6. The molecule has 0 aliphatic carbocycles. The predicted molar refractivity (Wildman–Crippen MR) is 93.1 cm³/mol. The molecule has 0 bridgehead atoms. The maximum Gasteiger partial charge on any atom is 0.328 e. The van der Waals surface area contributed by atoms with E-state index in [1.807, 2.05) is 0 Å². The van der Waals surface area contributed by atoms with Crippen molar-refractivity contribution in [2.24, 2.45) is 0 Å². The molecule has 1 unspecified atom stereocenters. The Morgan fingerprint density at radius 1 is 1.07 bits per heavy atom. The number of likely N-dealkylation sites (tertiary alicyclic amines) is 1. The Kier molecular flexibility index (Phi) is 5.39. The molecule has 27 heavy (non-hydrogen) atoms. The van der Waals surface area contributed by atoms with Gasteiger partial charge in [-0.2, -0.15) is 9.97 Å². The zero-order valence-electron chi connectivity index (χ0n) is 15.2. The molecular weight excluding hydrogens is 354 g/mol. The van der Waals surface area contributed by atoms with Gasteiger partial charge in [0.15, 0.2) is 0 Å². The molecule has 0 N–H and O–H groups in total. The topological polar surface area (TPSA) is 100 Å². The Morgan fingerprint density at radius 2 is 1.74 bits per heavy atom. The van der Waals surface area contributed by atoms with Crippen molar-refractivity contribution in [2.45, 2.75) is 12.5 Å². The highest BCUT2D eigenvalue weighted by molar-refractivity contribution is 6.00. The number of methoxy groups -OCH3 is 3. The number of nitrogens with zero attached hydrogens (tertiary/aromatic N) is 3. The Bertz CT molecular complexity index is 834. The van der Waals surface area contributed by atoms with Crippen LogP contribution in [0.2, 0.25) is 0 Å². The van der Waals surface area contributed by atoms with Crippen molar-refractivity contribution in [3.8, 4) is 23.5 Å². The van der Waals surface area contributed by atoms with Crippen molar-refractivity contribution in [3.05, 3.63) is 35.9 Å². The average molecular weight is 373 g/mol. The number of benzene rings is 1. The molecule has 1 aliphatic rings. The van der Waals surface area contributed by atoms with Crippen molar-refractivity contribution in [1.29, 1.82) is 0 Å². The molecule has 1 fully saturated rings. The Balaban J connectivity index is 1.87. The largest absolute Gasteiger partial charge is 0.481 e. The minimum atomic E-state index is -0.580. The van der Waals surface area contributed by atoms with Gasteiger partial charge in [0.25, 0.3) is 5.91 Å². The molecule has 1 saturated heterocycles. The maximum atomic E-state index is 12.9. The summed E-state index contributed by atoms with van der Waals surface area (Å²) in [5, 5.41) is 0. The number of ether oxygens (including phenoxy) is 4. The molecule has 9 heteroatoms. The third kappa shape index (κ3) is 3.76. The van der Waals surface area contributed by atoms with E-state index < -0.39 is 12.0 Å². The number of carbonyl (C=O) groups is 2. The van der Waals surface area contributed by atoms with Gasteiger partial charge in [0.2, 0.25) is 11.8 Å². The first-order valence-corrected chi connectivity index (χ1v) is 8.20. The number of para-hydroxylation sites is 1. The number of hydrogen-bond donors (Lipinski definition) is 0. The zero-order chi connectivity index (χ0) is 19.4. The van der Waals surface area contributed by atoms with Gasteiger partial charge < -0.3 is 23.8 Å². The Morgan fingerprint density at radius 3 is 2.30 bits per heavy atom. The third-order valence-electron chi connectivity index (χ3n) is 4.15. The van der Waals surface area contributed by atoms with E-state index in [2.05, 4.69) is 9.97 Å². The van der Waals surface area contributed by atoms with Crippen molar-refractivity contribution in [1.82, 2.24) is 14.9 Å². The van der Waals surface area contributed by atoms with E-state index in [-0.39, 0.29) is 35.0 Å². The Labute approximate surface area is 155 Å². The van der Waals surface area contributed by atoms with Crippen LogP contribution >= 0.6 is 0 Å². The number of aromatic nitrogens is 2.